The van der Waals surface area contributed by atoms with Crippen LogP contribution in [0.4, 0.5) is 10.5 Å². The molecule has 0 aliphatic carbocycles. The maximum Gasteiger partial charge on any atom is 0.414 e. The number of rotatable bonds is 3. The molecule has 5 rings (SSSR count). The Kier molecular flexibility index (Phi) is 4.64. The lowest BCUT2D eigenvalue weighted by atomic mass is 10.0. The van der Waals surface area contributed by atoms with Crippen molar-refractivity contribution in [3.05, 3.63) is 57.7 Å². The highest BCUT2D eigenvalue weighted by molar-refractivity contribution is 7.89. The fourth-order valence-electron chi connectivity index (χ4n) is 4.10. The number of carbonyl (C=O) groups excluding carboxylic acids is 1. The van der Waals surface area contributed by atoms with Gasteiger partial charge in [-0.05, 0) is 37.1 Å². The molecular formula is C20H19N3O5S2. The van der Waals surface area contributed by atoms with E-state index >= 15 is 0 Å². The molecule has 1 saturated heterocycles. The SMILES string of the molecule is O=C1OCc2ccccc2N1C1CCN(S(=O)(=O)c2ccc3[nH]c(=O)sc3c2)CC1. The number of amides is 1. The van der Waals surface area contributed by atoms with Gasteiger partial charge < -0.3 is 9.72 Å². The number of thiazole rings is 1. The van der Waals surface area contributed by atoms with Gasteiger partial charge >= 0.3 is 11.0 Å². The number of benzene rings is 2. The summed E-state index contributed by atoms with van der Waals surface area (Å²) in [6.07, 6.45) is 0.646. The van der Waals surface area contributed by atoms with E-state index in [1.807, 2.05) is 24.3 Å². The summed E-state index contributed by atoms with van der Waals surface area (Å²) in [7, 11) is -3.68. The van der Waals surface area contributed by atoms with Crippen LogP contribution < -0.4 is 9.77 Å². The molecule has 2 aliphatic rings. The van der Waals surface area contributed by atoms with Crippen LogP contribution in [0.1, 0.15) is 18.4 Å². The number of cyclic esters (lactones) is 1. The lowest BCUT2D eigenvalue weighted by Gasteiger charge is -2.39. The number of sulfonamides is 1. The van der Waals surface area contributed by atoms with Crippen molar-refractivity contribution in [2.75, 3.05) is 18.0 Å². The second-order valence-electron chi connectivity index (χ2n) is 7.36. The van der Waals surface area contributed by atoms with Gasteiger partial charge in [0, 0.05) is 24.7 Å². The first kappa shape index (κ1) is 19.3. The molecule has 156 valence electrons. The predicted molar refractivity (Wildman–Crippen MR) is 113 cm³/mol. The molecule has 0 radical (unpaired) electrons. The molecule has 2 aliphatic heterocycles. The van der Waals surface area contributed by atoms with Gasteiger partial charge in [0.25, 0.3) is 0 Å². The van der Waals surface area contributed by atoms with Crippen LogP contribution in [-0.4, -0.2) is 42.9 Å². The normalized spacial score (nSPS) is 18.4. The first-order valence-corrected chi connectivity index (χ1v) is 11.9. The lowest BCUT2D eigenvalue weighted by molar-refractivity contribution is 0.136. The van der Waals surface area contributed by atoms with Gasteiger partial charge in [-0.2, -0.15) is 4.31 Å². The van der Waals surface area contributed by atoms with Crippen molar-refractivity contribution < 1.29 is 17.9 Å². The maximum atomic E-state index is 13.1. The van der Waals surface area contributed by atoms with Crippen molar-refractivity contribution in [2.45, 2.75) is 30.4 Å². The Morgan fingerprint density at radius 2 is 1.83 bits per heavy atom. The summed E-state index contributed by atoms with van der Waals surface area (Å²) in [5.41, 5.74) is 2.42. The van der Waals surface area contributed by atoms with Crippen LogP contribution in [0.2, 0.25) is 0 Å². The number of hydrogen-bond donors (Lipinski definition) is 1. The molecule has 0 saturated carbocycles. The van der Waals surface area contributed by atoms with Gasteiger partial charge in [0.05, 0.1) is 20.8 Å². The number of piperidine rings is 1. The Morgan fingerprint density at radius 3 is 2.63 bits per heavy atom. The third-order valence-electron chi connectivity index (χ3n) is 5.62. The van der Waals surface area contributed by atoms with Crippen molar-refractivity contribution in [2.24, 2.45) is 0 Å². The minimum atomic E-state index is -3.68. The van der Waals surface area contributed by atoms with Crippen molar-refractivity contribution in [1.82, 2.24) is 9.29 Å². The highest BCUT2D eigenvalue weighted by Crippen LogP contribution is 2.33. The number of nitrogens with one attached hydrogen (secondary N) is 1. The number of aromatic amines is 1. The third-order valence-corrected chi connectivity index (χ3v) is 8.36. The van der Waals surface area contributed by atoms with Crippen molar-refractivity contribution >= 4 is 43.4 Å². The van der Waals surface area contributed by atoms with Gasteiger partial charge in [0.1, 0.15) is 6.61 Å². The average Bonchev–Trinajstić information content (AvgIpc) is 3.13. The number of hydrogen-bond acceptors (Lipinski definition) is 6. The summed E-state index contributed by atoms with van der Waals surface area (Å²) in [5, 5.41) is 0. The number of aromatic nitrogens is 1. The third kappa shape index (κ3) is 3.21. The standard InChI is InChI=1S/C20H19N3O5S2/c24-19-21-16-6-5-15(11-18(16)29-19)30(26,27)22-9-7-14(8-10-22)23-17-4-2-1-3-13(17)12-28-20(23)25/h1-6,11,14H,7-10,12H2,(H,21,24). The molecule has 1 amide bonds. The van der Waals surface area contributed by atoms with E-state index in [0.717, 1.165) is 22.6 Å². The molecule has 0 atom stereocenters. The Morgan fingerprint density at radius 1 is 1.07 bits per heavy atom. The Bertz CT molecular complexity index is 1290. The van der Waals surface area contributed by atoms with E-state index in [4.69, 9.17) is 4.74 Å². The summed E-state index contributed by atoms with van der Waals surface area (Å²) in [6, 6.07) is 12.2. The summed E-state index contributed by atoms with van der Waals surface area (Å²) in [4.78, 5) is 28.2. The molecule has 3 heterocycles. The number of para-hydroxylation sites is 1. The van der Waals surface area contributed by atoms with Crippen molar-refractivity contribution in [3.8, 4) is 0 Å². The largest absolute Gasteiger partial charge is 0.444 e. The summed E-state index contributed by atoms with van der Waals surface area (Å²) in [6.45, 7) is 0.868. The van der Waals surface area contributed by atoms with Gasteiger partial charge in [-0.3, -0.25) is 9.69 Å². The van der Waals surface area contributed by atoms with Crippen LogP contribution in [0, 0.1) is 0 Å². The summed E-state index contributed by atoms with van der Waals surface area (Å²) < 4.78 is 33.6. The van der Waals surface area contributed by atoms with Gasteiger partial charge in [-0.15, -0.1) is 0 Å². The molecular weight excluding hydrogens is 426 g/mol. The fraction of sp³-hybridized carbons (Fsp3) is 0.300. The summed E-state index contributed by atoms with van der Waals surface area (Å²) in [5.74, 6) is 0. The van der Waals surface area contributed by atoms with Crippen LogP contribution in [0.5, 0.6) is 0 Å². The summed E-state index contributed by atoms with van der Waals surface area (Å²) >= 11 is 0.990. The zero-order valence-corrected chi connectivity index (χ0v) is 17.5. The molecule has 0 spiro atoms. The van der Waals surface area contributed by atoms with E-state index in [1.165, 1.54) is 16.4 Å². The van der Waals surface area contributed by atoms with Crippen LogP contribution in [0.25, 0.3) is 10.2 Å². The van der Waals surface area contributed by atoms with E-state index in [9.17, 15) is 18.0 Å². The van der Waals surface area contributed by atoms with Crippen molar-refractivity contribution in [1.29, 1.82) is 0 Å². The molecule has 30 heavy (non-hydrogen) atoms. The molecule has 2 aromatic carbocycles. The van der Waals surface area contributed by atoms with Gasteiger partial charge in [-0.25, -0.2) is 13.2 Å². The van der Waals surface area contributed by atoms with Gasteiger partial charge in [0.15, 0.2) is 0 Å². The topological polar surface area (TPSA) is 99.8 Å². The van der Waals surface area contributed by atoms with Gasteiger partial charge in [-0.1, -0.05) is 29.5 Å². The fourth-order valence-corrected chi connectivity index (χ4v) is 6.44. The van der Waals surface area contributed by atoms with Gasteiger partial charge in [0.2, 0.25) is 10.0 Å². The maximum absolute atomic E-state index is 13.1. The van der Waals surface area contributed by atoms with Crippen LogP contribution in [0.15, 0.2) is 52.2 Å². The average molecular weight is 446 g/mol. The quantitative estimate of drug-likeness (QED) is 0.668. The zero-order chi connectivity index (χ0) is 20.9. The second kappa shape index (κ2) is 7.22. The number of anilines is 1. The Hall–Kier alpha value is -2.69. The molecule has 1 fully saturated rings. The molecule has 1 N–H and O–H groups in total. The lowest BCUT2D eigenvalue weighted by Crippen LogP contribution is -2.50. The minimum absolute atomic E-state index is 0.122. The number of fused-ring (bicyclic) bond motifs is 2. The van der Waals surface area contributed by atoms with Crippen LogP contribution in [-0.2, 0) is 21.4 Å². The number of ether oxygens (including phenoxy) is 1. The minimum Gasteiger partial charge on any atom is -0.444 e. The molecule has 10 heteroatoms. The number of nitrogens with zero attached hydrogens (tertiary/aromatic N) is 2. The smallest absolute Gasteiger partial charge is 0.414 e. The Labute approximate surface area is 176 Å². The number of H-pyrrole nitrogens is 1. The first-order valence-electron chi connectivity index (χ1n) is 9.60. The molecule has 8 nitrogen and oxygen atoms in total. The molecule has 0 bridgehead atoms. The molecule has 1 aromatic heterocycles. The predicted octanol–water partition coefficient (Wildman–Crippen LogP) is 2.90. The van der Waals surface area contributed by atoms with E-state index in [-0.39, 0.29) is 28.5 Å². The van der Waals surface area contributed by atoms with Crippen LogP contribution >= 0.6 is 11.3 Å². The van der Waals surface area contributed by atoms with Crippen molar-refractivity contribution in [3.63, 3.8) is 0 Å². The highest BCUT2D eigenvalue weighted by Gasteiger charge is 2.37. The molecule has 0 unspecified atom stereocenters. The molecule has 3 aromatic rings. The first-order chi connectivity index (χ1) is 14.4. The van der Waals surface area contributed by atoms with E-state index in [2.05, 4.69) is 4.98 Å². The van der Waals surface area contributed by atoms with E-state index in [0.29, 0.717) is 36.1 Å². The zero-order valence-electron chi connectivity index (χ0n) is 15.9. The highest BCUT2D eigenvalue weighted by atomic mass is 32.2. The second-order valence-corrected chi connectivity index (χ2v) is 10.3. The van der Waals surface area contributed by atoms with Crippen LogP contribution in [0.3, 0.4) is 0 Å². The number of carbonyl (C=O) groups is 1. The Balaban J connectivity index is 1.36. The van der Waals surface area contributed by atoms with E-state index < -0.39 is 10.0 Å². The van der Waals surface area contributed by atoms with E-state index in [1.54, 1.807) is 11.0 Å². The monoisotopic (exact) mass is 445 g/mol.